The Morgan fingerprint density at radius 1 is 1.03 bits per heavy atom. The molecule has 1 aromatic heterocycles. The van der Waals surface area contributed by atoms with Crippen molar-refractivity contribution in [1.82, 2.24) is 0 Å². The van der Waals surface area contributed by atoms with E-state index in [9.17, 15) is 13.2 Å². The highest BCUT2D eigenvalue weighted by Crippen LogP contribution is 2.29. The monoisotopic (exact) mass is 430 g/mol. The van der Waals surface area contributed by atoms with E-state index in [2.05, 4.69) is 5.32 Å². The molecule has 0 unspecified atom stereocenters. The summed E-state index contributed by atoms with van der Waals surface area (Å²) in [4.78, 5) is 12.9. The number of hydrogen-bond donors (Lipinski definition) is 1. The highest BCUT2D eigenvalue weighted by Gasteiger charge is 2.28. The molecule has 0 radical (unpaired) electrons. The molecule has 0 aliphatic carbocycles. The number of nitrogens with one attached hydrogen (secondary N) is 1. The molecule has 0 fully saturated rings. The van der Waals surface area contributed by atoms with Crippen molar-refractivity contribution >= 4 is 38.6 Å². The second-order valence-electron chi connectivity index (χ2n) is 6.54. The molecule has 8 heteroatoms. The summed E-state index contributed by atoms with van der Waals surface area (Å²) < 4.78 is 32.7. The van der Waals surface area contributed by atoms with E-state index in [1.807, 2.05) is 26.0 Å². The van der Waals surface area contributed by atoms with Gasteiger partial charge in [0.15, 0.2) is 0 Å². The summed E-state index contributed by atoms with van der Waals surface area (Å²) in [6, 6.07) is 13.7. The van der Waals surface area contributed by atoms with E-state index in [0.717, 1.165) is 22.5 Å². The lowest BCUT2D eigenvalue weighted by atomic mass is 10.1. The first-order valence-electron chi connectivity index (χ1n) is 8.83. The Bertz CT molecular complexity index is 1140. The van der Waals surface area contributed by atoms with Crippen molar-refractivity contribution in [1.29, 1.82) is 0 Å². The molecule has 1 N–H and O–H groups in total. The summed E-state index contributed by atoms with van der Waals surface area (Å²) in [6.07, 6.45) is 0. The first-order chi connectivity index (χ1) is 13.7. The van der Waals surface area contributed by atoms with Gasteiger partial charge in [0.25, 0.3) is 15.9 Å². The number of rotatable bonds is 6. The molecular weight excluding hydrogens is 408 g/mol. The number of benzene rings is 2. The molecule has 3 aromatic rings. The molecule has 0 saturated heterocycles. The molecular formula is C21H22N2O4S2. The Morgan fingerprint density at radius 2 is 1.72 bits per heavy atom. The van der Waals surface area contributed by atoms with Crippen LogP contribution in [0.1, 0.15) is 20.8 Å². The number of methoxy groups -OCH3 is 1. The van der Waals surface area contributed by atoms with Crippen molar-refractivity contribution in [2.45, 2.75) is 18.7 Å². The van der Waals surface area contributed by atoms with Gasteiger partial charge in [0.1, 0.15) is 15.5 Å². The van der Waals surface area contributed by atoms with Crippen molar-refractivity contribution in [3.63, 3.8) is 0 Å². The van der Waals surface area contributed by atoms with Crippen molar-refractivity contribution in [3.05, 3.63) is 69.9 Å². The van der Waals surface area contributed by atoms with Gasteiger partial charge in [0.05, 0.1) is 12.8 Å². The molecule has 0 aliphatic rings. The predicted molar refractivity (Wildman–Crippen MR) is 117 cm³/mol. The number of carbonyl (C=O) groups is 1. The quantitative estimate of drug-likeness (QED) is 0.627. The Kier molecular flexibility index (Phi) is 5.95. The summed E-state index contributed by atoms with van der Waals surface area (Å²) in [5.74, 6) is 0.189. The minimum Gasteiger partial charge on any atom is -0.497 e. The van der Waals surface area contributed by atoms with Gasteiger partial charge in [-0.15, -0.1) is 11.3 Å². The fourth-order valence-electron chi connectivity index (χ4n) is 2.74. The maximum absolute atomic E-state index is 13.2. The van der Waals surface area contributed by atoms with Gasteiger partial charge in [-0.2, -0.15) is 0 Å². The molecule has 0 spiro atoms. The molecule has 0 atom stereocenters. The van der Waals surface area contributed by atoms with Gasteiger partial charge in [0.2, 0.25) is 0 Å². The number of carbonyl (C=O) groups excluding carboxylic acids is 1. The van der Waals surface area contributed by atoms with Crippen LogP contribution in [0.25, 0.3) is 0 Å². The number of ether oxygens (including phenoxy) is 1. The zero-order valence-corrected chi connectivity index (χ0v) is 18.2. The number of hydrogen-bond acceptors (Lipinski definition) is 5. The van der Waals surface area contributed by atoms with Crippen LogP contribution in [0.4, 0.5) is 11.4 Å². The van der Waals surface area contributed by atoms with Crippen LogP contribution < -0.4 is 14.4 Å². The van der Waals surface area contributed by atoms with Crippen LogP contribution in [0.15, 0.2) is 58.8 Å². The molecule has 0 saturated carbocycles. The van der Waals surface area contributed by atoms with Crippen LogP contribution in [0.5, 0.6) is 5.75 Å². The molecule has 0 aliphatic heterocycles. The lowest BCUT2D eigenvalue weighted by molar-refractivity contribution is 0.102. The van der Waals surface area contributed by atoms with Gasteiger partial charge in [-0.3, -0.25) is 9.10 Å². The van der Waals surface area contributed by atoms with E-state index in [1.54, 1.807) is 42.8 Å². The van der Waals surface area contributed by atoms with Crippen molar-refractivity contribution in [2.75, 3.05) is 23.8 Å². The number of amides is 1. The summed E-state index contributed by atoms with van der Waals surface area (Å²) in [5, 5.41) is 4.34. The van der Waals surface area contributed by atoms with Crippen LogP contribution in [-0.4, -0.2) is 28.5 Å². The van der Waals surface area contributed by atoms with E-state index < -0.39 is 15.9 Å². The summed E-state index contributed by atoms with van der Waals surface area (Å²) in [7, 11) is -0.848. The van der Waals surface area contributed by atoms with Crippen LogP contribution >= 0.6 is 11.3 Å². The zero-order valence-electron chi connectivity index (χ0n) is 16.6. The fourth-order valence-corrected chi connectivity index (χ4v) is 5.22. The van der Waals surface area contributed by atoms with Crippen LogP contribution in [0, 0.1) is 13.8 Å². The summed E-state index contributed by atoms with van der Waals surface area (Å²) in [5.41, 5.74) is 3.16. The van der Waals surface area contributed by atoms with Crippen molar-refractivity contribution < 1.29 is 17.9 Å². The molecule has 3 rings (SSSR count). The summed E-state index contributed by atoms with van der Waals surface area (Å²) in [6.45, 7) is 3.89. The Morgan fingerprint density at radius 3 is 2.34 bits per heavy atom. The molecule has 1 heterocycles. The van der Waals surface area contributed by atoms with E-state index in [0.29, 0.717) is 17.1 Å². The fraction of sp³-hybridized carbons (Fsp3) is 0.190. The Balaban J connectivity index is 1.88. The SMILES string of the molecule is COc1ccc(NC(=O)c2sccc2S(=O)(=O)N(C)c2ccc(C)c(C)c2)cc1. The van der Waals surface area contributed by atoms with Gasteiger partial charge < -0.3 is 10.1 Å². The van der Waals surface area contributed by atoms with Gasteiger partial charge >= 0.3 is 0 Å². The van der Waals surface area contributed by atoms with E-state index in [1.165, 1.54) is 17.4 Å². The Labute approximate surface area is 174 Å². The van der Waals surface area contributed by atoms with Crippen molar-refractivity contribution in [3.8, 4) is 5.75 Å². The molecule has 29 heavy (non-hydrogen) atoms. The second-order valence-corrected chi connectivity index (χ2v) is 9.39. The normalized spacial score (nSPS) is 11.2. The smallest absolute Gasteiger partial charge is 0.267 e. The maximum atomic E-state index is 13.2. The first-order valence-corrected chi connectivity index (χ1v) is 11.1. The van der Waals surface area contributed by atoms with Gasteiger partial charge in [-0.05, 0) is 72.8 Å². The predicted octanol–water partition coefficient (Wildman–Crippen LogP) is 4.45. The Hall–Kier alpha value is -2.84. The van der Waals surface area contributed by atoms with Crippen molar-refractivity contribution in [2.24, 2.45) is 0 Å². The van der Waals surface area contributed by atoms with Gasteiger partial charge in [-0.25, -0.2) is 8.42 Å². The maximum Gasteiger partial charge on any atom is 0.267 e. The summed E-state index contributed by atoms with van der Waals surface area (Å²) >= 11 is 1.09. The number of thiophene rings is 1. The molecule has 2 aromatic carbocycles. The highest BCUT2D eigenvalue weighted by atomic mass is 32.2. The lowest BCUT2D eigenvalue weighted by Gasteiger charge is -2.20. The van der Waals surface area contributed by atoms with Crippen LogP contribution in [0.2, 0.25) is 0 Å². The third-order valence-corrected chi connectivity index (χ3v) is 7.55. The average Bonchev–Trinajstić information content (AvgIpc) is 3.21. The highest BCUT2D eigenvalue weighted by molar-refractivity contribution is 7.93. The van der Waals surface area contributed by atoms with Crippen LogP contribution in [0.3, 0.4) is 0 Å². The first kappa shape index (κ1) is 20.9. The zero-order chi connectivity index (χ0) is 21.2. The molecule has 1 amide bonds. The minimum absolute atomic E-state index is 0.0192. The second kappa shape index (κ2) is 8.26. The largest absolute Gasteiger partial charge is 0.497 e. The number of anilines is 2. The minimum atomic E-state index is -3.89. The van der Waals surface area contributed by atoms with Gasteiger partial charge in [0, 0.05) is 12.7 Å². The number of sulfonamides is 1. The molecule has 6 nitrogen and oxygen atoms in total. The standard InChI is InChI=1S/C21H22N2O4S2/c1-14-5-8-17(13-15(14)2)23(3)29(25,26)19-11-12-28-20(19)21(24)22-16-6-9-18(27-4)10-7-16/h5-13H,1-4H3,(H,22,24). The molecule has 0 bridgehead atoms. The lowest BCUT2D eigenvalue weighted by Crippen LogP contribution is -2.28. The molecule has 152 valence electrons. The third-order valence-electron chi connectivity index (χ3n) is 4.68. The van der Waals surface area contributed by atoms with E-state index >= 15 is 0 Å². The average molecular weight is 431 g/mol. The van der Waals surface area contributed by atoms with E-state index in [-0.39, 0.29) is 9.77 Å². The van der Waals surface area contributed by atoms with Gasteiger partial charge in [-0.1, -0.05) is 6.07 Å². The number of nitrogens with zero attached hydrogens (tertiary/aromatic N) is 1. The number of aryl methyl sites for hydroxylation is 2. The third kappa shape index (κ3) is 4.28. The van der Waals surface area contributed by atoms with E-state index in [4.69, 9.17) is 4.74 Å². The van der Waals surface area contributed by atoms with Crippen LogP contribution in [-0.2, 0) is 10.0 Å². The topological polar surface area (TPSA) is 75.7 Å².